The number of halogens is 2. The van der Waals surface area contributed by atoms with Crippen molar-refractivity contribution in [2.24, 2.45) is 0 Å². The highest BCUT2D eigenvalue weighted by molar-refractivity contribution is 5.94. The molecule has 2 aromatic carbocycles. The molecule has 0 radical (unpaired) electrons. The minimum atomic E-state index is -1.01. The van der Waals surface area contributed by atoms with Gasteiger partial charge in [-0.2, -0.15) is 0 Å². The molecule has 1 aromatic heterocycles. The summed E-state index contributed by atoms with van der Waals surface area (Å²) in [6, 6.07) is 11.0. The van der Waals surface area contributed by atoms with Crippen LogP contribution in [-0.2, 0) is 0 Å². The number of piperazine rings is 1. The summed E-state index contributed by atoms with van der Waals surface area (Å²) in [5, 5.41) is 0.968. The second kappa shape index (κ2) is 6.67. The summed E-state index contributed by atoms with van der Waals surface area (Å²) in [4.78, 5) is 24.9. The number of aromatic nitrogens is 2. The van der Waals surface area contributed by atoms with E-state index in [9.17, 15) is 13.6 Å². The molecule has 132 valence electrons. The van der Waals surface area contributed by atoms with E-state index in [0.717, 1.165) is 28.9 Å². The van der Waals surface area contributed by atoms with Gasteiger partial charge in [-0.1, -0.05) is 12.1 Å². The zero-order valence-electron chi connectivity index (χ0n) is 13.9. The molecule has 2 heterocycles. The first-order valence-electron chi connectivity index (χ1n) is 8.32. The molecule has 3 aromatic rings. The third-order valence-corrected chi connectivity index (χ3v) is 4.55. The van der Waals surface area contributed by atoms with Gasteiger partial charge < -0.3 is 9.80 Å². The summed E-state index contributed by atoms with van der Waals surface area (Å²) in [5.41, 5.74) is 1.03. The number of carbonyl (C=O) groups is 1. The van der Waals surface area contributed by atoms with Crippen molar-refractivity contribution in [2.75, 3.05) is 31.1 Å². The van der Waals surface area contributed by atoms with Crippen LogP contribution in [0.3, 0.4) is 0 Å². The highest BCUT2D eigenvalue weighted by atomic mass is 19.2. The molecular formula is C19H16F2N4O. The fourth-order valence-electron chi connectivity index (χ4n) is 3.18. The smallest absolute Gasteiger partial charge is 0.254 e. The van der Waals surface area contributed by atoms with E-state index in [1.807, 2.05) is 24.3 Å². The quantitative estimate of drug-likeness (QED) is 0.710. The molecule has 0 spiro atoms. The van der Waals surface area contributed by atoms with Crippen LogP contribution in [0.25, 0.3) is 10.9 Å². The van der Waals surface area contributed by atoms with Crippen LogP contribution in [0.4, 0.5) is 14.6 Å². The van der Waals surface area contributed by atoms with Gasteiger partial charge in [-0.3, -0.25) is 4.79 Å². The Bertz CT molecular complexity index is 965. The average molecular weight is 354 g/mol. The first kappa shape index (κ1) is 16.4. The molecule has 1 saturated heterocycles. The number of carbonyl (C=O) groups excluding carboxylic acids is 1. The van der Waals surface area contributed by atoms with Gasteiger partial charge in [0, 0.05) is 37.1 Å². The molecule has 7 heteroatoms. The second-order valence-corrected chi connectivity index (χ2v) is 6.12. The predicted molar refractivity (Wildman–Crippen MR) is 94.0 cm³/mol. The highest BCUT2D eigenvalue weighted by Crippen LogP contribution is 2.24. The van der Waals surface area contributed by atoms with Crippen LogP contribution in [0.15, 0.2) is 48.8 Å². The van der Waals surface area contributed by atoms with Gasteiger partial charge in [0.05, 0.1) is 5.52 Å². The molecule has 4 rings (SSSR count). The molecule has 0 atom stereocenters. The Labute approximate surface area is 148 Å². The maximum absolute atomic E-state index is 13.4. The average Bonchev–Trinajstić information content (AvgIpc) is 2.69. The minimum Gasteiger partial charge on any atom is -0.352 e. The summed E-state index contributed by atoms with van der Waals surface area (Å²) in [7, 11) is 0. The van der Waals surface area contributed by atoms with Crippen molar-refractivity contribution in [3.8, 4) is 0 Å². The number of rotatable bonds is 2. The number of anilines is 1. The third-order valence-electron chi connectivity index (χ3n) is 4.55. The van der Waals surface area contributed by atoms with Gasteiger partial charge in [0.1, 0.15) is 12.1 Å². The van der Waals surface area contributed by atoms with E-state index in [4.69, 9.17) is 0 Å². The normalized spacial score (nSPS) is 14.7. The van der Waals surface area contributed by atoms with Gasteiger partial charge in [-0.05, 0) is 30.3 Å². The van der Waals surface area contributed by atoms with Crippen molar-refractivity contribution in [1.29, 1.82) is 0 Å². The lowest BCUT2D eigenvalue weighted by atomic mass is 10.1. The highest BCUT2D eigenvalue weighted by Gasteiger charge is 2.24. The van der Waals surface area contributed by atoms with E-state index in [1.165, 1.54) is 12.4 Å². The lowest BCUT2D eigenvalue weighted by molar-refractivity contribution is 0.0746. The molecule has 0 aliphatic carbocycles. The zero-order chi connectivity index (χ0) is 18.1. The van der Waals surface area contributed by atoms with E-state index >= 15 is 0 Å². The van der Waals surface area contributed by atoms with E-state index < -0.39 is 11.6 Å². The Morgan fingerprint density at radius 3 is 2.46 bits per heavy atom. The van der Waals surface area contributed by atoms with Crippen molar-refractivity contribution in [3.05, 3.63) is 66.0 Å². The first-order chi connectivity index (χ1) is 12.6. The van der Waals surface area contributed by atoms with Crippen molar-refractivity contribution in [2.45, 2.75) is 0 Å². The Balaban J connectivity index is 1.50. The van der Waals surface area contributed by atoms with Gasteiger partial charge in [-0.25, -0.2) is 18.7 Å². The Kier molecular flexibility index (Phi) is 4.20. The summed E-state index contributed by atoms with van der Waals surface area (Å²) < 4.78 is 26.4. The van der Waals surface area contributed by atoms with Gasteiger partial charge in [0.2, 0.25) is 0 Å². The van der Waals surface area contributed by atoms with Crippen LogP contribution >= 0.6 is 0 Å². The SMILES string of the molecule is O=C(c1ccc(F)c(F)c1)N1CCN(c2ncnc3ccccc23)CC1. The lowest BCUT2D eigenvalue weighted by Gasteiger charge is -2.35. The standard InChI is InChI=1S/C19H16F2N4O/c20-15-6-5-13(11-16(15)21)19(26)25-9-7-24(8-10-25)18-14-3-1-2-4-17(14)22-12-23-18/h1-6,11-12H,7-10H2. The number of benzene rings is 2. The van der Waals surface area contributed by atoms with Crippen LogP contribution in [0.5, 0.6) is 0 Å². The number of hydrogen-bond donors (Lipinski definition) is 0. The number of para-hydroxylation sites is 1. The summed E-state index contributed by atoms with van der Waals surface area (Å²) in [5.74, 6) is -1.42. The molecule has 26 heavy (non-hydrogen) atoms. The van der Waals surface area contributed by atoms with Gasteiger partial charge in [0.25, 0.3) is 5.91 Å². The maximum Gasteiger partial charge on any atom is 0.254 e. The van der Waals surface area contributed by atoms with E-state index in [-0.39, 0.29) is 11.5 Å². The molecule has 5 nitrogen and oxygen atoms in total. The van der Waals surface area contributed by atoms with Gasteiger partial charge in [-0.15, -0.1) is 0 Å². The number of fused-ring (bicyclic) bond motifs is 1. The molecular weight excluding hydrogens is 338 g/mol. The largest absolute Gasteiger partial charge is 0.352 e. The van der Waals surface area contributed by atoms with Crippen molar-refractivity contribution < 1.29 is 13.6 Å². The van der Waals surface area contributed by atoms with Crippen LogP contribution in [-0.4, -0.2) is 47.0 Å². The molecule has 1 fully saturated rings. The Morgan fingerprint density at radius 1 is 0.923 bits per heavy atom. The summed E-state index contributed by atoms with van der Waals surface area (Å²) in [6.07, 6.45) is 1.54. The van der Waals surface area contributed by atoms with E-state index in [0.29, 0.717) is 26.2 Å². The van der Waals surface area contributed by atoms with E-state index in [2.05, 4.69) is 14.9 Å². The molecule has 0 N–H and O–H groups in total. The molecule has 1 aliphatic heterocycles. The van der Waals surface area contributed by atoms with Crippen LogP contribution in [0, 0.1) is 11.6 Å². The Morgan fingerprint density at radius 2 is 1.69 bits per heavy atom. The third kappa shape index (κ3) is 2.96. The van der Waals surface area contributed by atoms with Gasteiger partial charge >= 0.3 is 0 Å². The molecule has 0 bridgehead atoms. The monoisotopic (exact) mass is 354 g/mol. The fraction of sp³-hybridized carbons (Fsp3) is 0.211. The van der Waals surface area contributed by atoms with Crippen LogP contribution in [0.2, 0.25) is 0 Å². The fourth-order valence-corrected chi connectivity index (χ4v) is 3.18. The van der Waals surface area contributed by atoms with Crippen molar-refractivity contribution >= 4 is 22.6 Å². The van der Waals surface area contributed by atoms with Crippen molar-refractivity contribution in [1.82, 2.24) is 14.9 Å². The number of amides is 1. The Hall–Kier alpha value is -3.09. The molecule has 1 amide bonds. The second-order valence-electron chi connectivity index (χ2n) is 6.12. The van der Waals surface area contributed by atoms with Gasteiger partial charge in [0.15, 0.2) is 11.6 Å². The number of hydrogen-bond acceptors (Lipinski definition) is 4. The predicted octanol–water partition coefficient (Wildman–Crippen LogP) is 2.87. The van der Waals surface area contributed by atoms with Crippen molar-refractivity contribution in [3.63, 3.8) is 0 Å². The topological polar surface area (TPSA) is 49.3 Å². The summed E-state index contributed by atoms with van der Waals surface area (Å²) >= 11 is 0. The first-order valence-corrected chi connectivity index (χ1v) is 8.32. The molecule has 0 saturated carbocycles. The minimum absolute atomic E-state index is 0.157. The molecule has 1 aliphatic rings. The number of nitrogens with zero attached hydrogens (tertiary/aromatic N) is 4. The maximum atomic E-state index is 13.4. The lowest BCUT2D eigenvalue weighted by Crippen LogP contribution is -2.49. The zero-order valence-corrected chi connectivity index (χ0v) is 13.9. The van der Waals surface area contributed by atoms with Crippen LogP contribution in [0.1, 0.15) is 10.4 Å². The van der Waals surface area contributed by atoms with E-state index in [1.54, 1.807) is 4.90 Å². The van der Waals surface area contributed by atoms with Crippen LogP contribution < -0.4 is 4.90 Å². The summed E-state index contributed by atoms with van der Waals surface area (Å²) in [6.45, 7) is 2.18. The molecule has 0 unspecified atom stereocenters.